The molecule has 0 aliphatic heterocycles. The molecular formula is C8H15N3O. The largest absolute Gasteiger partial charge is 0.304 e. The number of hydrogen-bond donors (Lipinski definition) is 1. The van der Waals surface area contributed by atoms with Gasteiger partial charge in [-0.15, -0.1) is 0 Å². The molecule has 0 spiro atoms. The van der Waals surface area contributed by atoms with Crippen molar-refractivity contribution in [2.45, 2.75) is 26.3 Å². The summed E-state index contributed by atoms with van der Waals surface area (Å²) in [7, 11) is 0. The minimum absolute atomic E-state index is 0.266. The van der Waals surface area contributed by atoms with E-state index in [9.17, 15) is 0 Å². The molecule has 68 valence electrons. The lowest BCUT2D eigenvalue weighted by Gasteiger charge is -2.04. The van der Waals surface area contributed by atoms with Gasteiger partial charge in [0.15, 0.2) is 0 Å². The van der Waals surface area contributed by atoms with Crippen molar-refractivity contribution in [3.05, 3.63) is 18.0 Å². The Labute approximate surface area is 72.3 Å². The average molecular weight is 169 g/mol. The van der Waals surface area contributed by atoms with E-state index in [0.717, 1.165) is 12.2 Å². The van der Waals surface area contributed by atoms with E-state index >= 15 is 0 Å². The molecule has 1 unspecified atom stereocenters. The van der Waals surface area contributed by atoms with Crippen molar-refractivity contribution in [3.63, 3.8) is 0 Å². The number of nitrogens with two attached hydrogens (primary N) is 1. The van der Waals surface area contributed by atoms with Crippen molar-refractivity contribution in [2.75, 3.05) is 6.61 Å². The summed E-state index contributed by atoms with van der Waals surface area (Å²) in [6.45, 7) is 5.51. The van der Waals surface area contributed by atoms with Gasteiger partial charge in [-0.3, -0.25) is 4.68 Å². The van der Waals surface area contributed by atoms with Crippen molar-refractivity contribution < 1.29 is 4.84 Å². The van der Waals surface area contributed by atoms with E-state index in [1.54, 1.807) is 0 Å². The minimum Gasteiger partial charge on any atom is -0.304 e. The molecule has 0 aromatic carbocycles. The summed E-state index contributed by atoms with van der Waals surface area (Å²) in [5, 5.41) is 4.33. The maximum atomic E-state index is 4.97. The Balaban J connectivity index is 2.61. The lowest BCUT2D eigenvalue weighted by atomic mass is 10.1. The van der Waals surface area contributed by atoms with Gasteiger partial charge in [0.25, 0.3) is 0 Å². The normalized spacial score (nSPS) is 13.2. The first-order valence-corrected chi connectivity index (χ1v) is 4.13. The van der Waals surface area contributed by atoms with Crippen LogP contribution in [0.2, 0.25) is 0 Å². The van der Waals surface area contributed by atoms with Crippen LogP contribution in [0.4, 0.5) is 0 Å². The van der Waals surface area contributed by atoms with Crippen LogP contribution in [0.3, 0.4) is 0 Å². The lowest BCUT2D eigenvalue weighted by molar-refractivity contribution is 0.125. The van der Waals surface area contributed by atoms with Crippen LogP contribution in [-0.4, -0.2) is 16.4 Å². The van der Waals surface area contributed by atoms with E-state index in [2.05, 4.69) is 16.9 Å². The molecule has 12 heavy (non-hydrogen) atoms. The summed E-state index contributed by atoms with van der Waals surface area (Å²) < 4.78 is 1.89. The second kappa shape index (κ2) is 4.23. The van der Waals surface area contributed by atoms with Crippen molar-refractivity contribution in [1.29, 1.82) is 0 Å². The summed E-state index contributed by atoms with van der Waals surface area (Å²) in [5.74, 6) is 5.24. The Kier molecular flexibility index (Phi) is 3.25. The molecule has 1 aromatic heterocycles. The summed E-state index contributed by atoms with van der Waals surface area (Å²) in [6, 6.07) is 1.99. The molecule has 0 radical (unpaired) electrons. The Hall–Kier alpha value is -0.870. The molecule has 1 rings (SSSR count). The highest BCUT2D eigenvalue weighted by atomic mass is 16.6. The van der Waals surface area contributed by atoms with Crippen LogP contribution in [0.1, 0.15) is 25.5 Å². The van der Waals surface area contributed by atoms with Crippen molar-refractivity contribution in [3.8, 4) is 0 Å². The van der Waals surface area contributed by atoms with E-state index < -0.39 is 0 Å². The standard InChI is InChI=1S/C8H15N3O/c1-3-11-5-4-8(10-11)7(2)6-12-9/h4-5,7H,3,6,9H2,1-2H3. The molecule has 0 fully saturated rings. The average Bonchev–Trinajstić information content (AvgIpc) is 2.52. The van der Waals surface area contributed by atoms with Gasteiger partial charge in [-0.2, -0.15) is 5.10 Å². The van der Waals surface area contributed by atoms with Crippen LogP contribution in [0.25, 0.3) is 0 Å². The Morgan fingerprint density at radius 3 is 3.00 bits per heavy atom. The first kappa shape index (κ1) is 9.22. The molecule has 4 nitrogen and oxygen atoms in total. The molecule has 4 heteroatoms. The quantitative estimate of drug-likeness (QED) is 0.681. The van der Waals surface area contributed by atoms with Gasteiger partial charge >= 0.3 is 0 Å². The molecule has 0 saturated carbocycles. The van der Waals surface area contributed by atoms with Crippen molar-refractivity contribution >= 4 is 0 Å². The SMILES string of the molecule is CCn1ccc(C(C)CON)n1. The minimum atomic E-state index is 0.266. The van der Waals surface area contributed by atoms with E-state index in [-0.39, 0.29) is 5.92 Å². The van der Waals surface area contributed by atoms with E-state index in [0.29, 0.717) is 6.61 Å². The fourth-order valence-corrected chi connectivity index (χ4v) is 1.05. The highest BCUT2D eigenvalue weighted by Gasteiger charge is 2.07. The van der Waals surface area contributed by atoms with Gasteiger partial charge in [-0.25, -0.2) is 5.90 Å². The first-order valence-electron chi connectivity index (χ1n) is 4.13. The van der Waals surface area contributed by atoms with Crippen molar-refractivity contribution in [2.24, 2.45) is 5.90 Å². The third-order valence-electron chi connectivity index (χ3n) is 1.84. The highest BCUT2D eigenvalue weighted by Crippen LogP contribution is 2.11. The molecule has 0 aliphatic carbocycles. The third-order valence-corrected chi connectivity index (χ3v) is 1.84. The fourth-order valence-electron chi connectivity index (χ4n) is 1.05. The number of aryl methyl sites for hydroxylation is 1. The monoisotopic (exact) mass is 169 g/mol. The predicted molar refractivity (Wildman–Crippen MR) is 46.5 cm³/mol. The van der Waals surface area contributed by atoms with Crippen molar-refractivity contribution in [1.82, 2.24) is 9.78 Å². The molecule has 0 bridgehead atoms. The zero-order valence-electron chi connectivity index (χ0n) is 7.53. The molecule has 1 heterocycles. The summed E-state index contributed by atoms with van der Waals surface area (Å²) >= 11 is 0. The Bertz CT molecular complexity index is 234. The van der Waals surface area contributed by atoms with Crippen LogP contribution < -0.4 is 5.90 Å². The Morgan fingerprint density at radius 2 is 2.50 bits per heavy atom. The second-order valence-electron chi connectivity index (χ2n) is 2.83. The number of hydrogen-bond acceptors (Lipinski definition) is 3. The van der Waals surface area contributed by atoms with E-state index in [4.69, 9.17) is 5.90 Å². The summed E-state index contributed by atoms with van der Waals surface area (Å²) in [6.07, 6.45) is 1.96. The smallest absolute Gasteiger partial charge is 0.0760 e. The van der Waals surface area contributed by atoms with Gasteiger partial charge in [0.1, 0.15) is 0 Å². The van der Waals surface area contributed by atoms with Gasteiger partial charge in [-0.05, 0) is 13.0 Å². The first-order chi connectivity index (χ1) is 5.77. The van der Waals surface area contributed by atoms with E-state index in [1.165, 1.54) is 0 Å². The number of aromatic nitrogens is 2. The van der Waals surface area contributed by atoms with Crippen LogP contribution >= 0.6 is 0 Å². The molecular weight excluding hydrogens is 154 g/mol. The molecule has 0 aliphatic rings. The van der Waals surface area contributed by atoms with Crippen LogP contribution in [0.15, 0.2) is 12.3 Å². The molecule has 2 N–H and O–H groups in total. The molecule has 0 amide bonds. The highest BCUT2D eigenvalue weighted by molar-refractivity contribution is 5.04. The van der Waals surface area contributed by atoms with Crippen LogP contribution in [-0.2, 0) is 11.4 Å². The lowest BCUT2D eigenvalue weighted by Crippen LogP contribution is -2.09. The zero-order chi connectivity index (χ0) is 8.97. The van der Waals surface area contributed by atoms with Crippen LogP contribution in [0.5, 0.6) is 0 Å². The number of nitrogens with zero attached hydrogens (tertiary/aromatic N) is 2. The van der Waals surface area contributed by atoms with Crippen LogP contribution in [0, 0.1) is 0 Å². The van der Waals surface area contributed by atoms with Gasteiger partial charge in [0.2, 0.25) is 0 Å². The Morgan fingerprint density at radius 1 is 1.75 bits per heavy atom. The molecule has 1 aromatic rings. The third kappa shape index (κ3) is 2.06. The van der Waals surface area contributed by atoms with E-state index in [1.807, 2.05) is 23.9 Å². The summed E-state index contributed by atoms with van der Waals surface area (Å²) in [4.78, 5) is 4.55. The fraction of sp³-hybridized carbons (Fsp3) is 0.625. The maximum absolute atomic E-state index is 4.97. The molecule has 1 atom stereocenters. The summed E-state index contributed by atoms with van der Waals surface area (Å²) in [5.41, 5.74) is 1.03. The predicted octanol–water partition coefficient (Wildman–Crippen LogP) is 0.897. The van der Waals surface area contributed by atoms with Gasteiger partial charge in [0, 0.05) is 18.7 Å². The molecule has 0 saturated heterocycles. The maximum Gasteiger partial charge on any atom is 0.0760 e. The second-order valence-corrected chi connectivity index (χ2v) is 2.83. The number of rotatable bonds is 4. The van der Waals surface area contributed by atoms with Gasteiger partial charge in [-0.1, -0.05) is 6.92 Å². The zero-order valence-corrected chi connectivity index (χ0v) is 7.53. The topological polar surface area (TPSA) is 53.1 Å². The van der Waals surface area contributed by atoms with Gasteiger partial charge < -0.3 is 4.84 Å². The van der Waals surface area contributed by atoms with Gasteiger partial charge in [0.05, 0.1) is 12.3 Å².